The fourth-order valence-electron chi connectivity index (χ4n) is 1.59. The Morgan fingerprint density at radius 3 is 2.22 bits per heavy atom. The van der Waals surface area contributed by atoms with Crippen molar-refractivity contribution in [2.45, 2.75) is 33.6 Å². The Morgan fingerprint density at radius 1 is 1.11 bits per heavy atom. The highest BCUT2D eigenvalue weighted by Crippen LogP contribution is 2.28. The van der Waals surface area contributed by atoms with Crippen LogP contribution in [-0.4, -0.2) is 13.2 Å². The smallest absolute Gasteiger partial charge is 0.123 e. The van der Waals surface area contributed by atoms with Gasteiger partial charge in [0.2, 0.25) is 0 Å². The normalized spacial score (nSPS) is 12.3. The van der Waals surface area contributed by atoms with Gasteiger partial charge in [-0.1, -0.05) is 26.8 Å². The molecule has 0 aliphatic heterocycles. The van der Waals surface area contributed by atoms with Crippen LogP contribution in [0.5, 0.6) is 11.5 Å². The SMILES string of the molecule is C=CC(C)c1cc(OCC)cc(OCC(C)C)c1. The van der Waals surface area contributed by atoms with Crippen molar-refractivity contribution < 1.29 is 9.47 Å². The van der Waals surface area contributed by atoms with Crippen molar-refractivity contribution in [2.75, 3.05) is 13.2 Å². The predicted molar refractivity (Wildman–Crippen MR) is 76.6 cm³/mol. The largest absolute Gasteiger partial charge is 0.494 e. The second-order valence-electron chi connectivity index (χ2n) is 4.90. The van der Waals surface area contributed by atoms with Crippen LogP contribution in [0.25, 0.3) is 0 Å². The molecule has 2 heteroatoms. The maximum absolute atomic E-state index is 5.78. The molecule has 0 bridgehead atoms. The average molecular weight is 248 g/mol. The zero-order valence-corrected chi connectivity index (χ0v) is 11.9. The highest BCUT2D eigenvalue weighted by Gasteiger charge is 2.07. The molecule has 0 N–H and O–H groups in total. The average Bonchev–Trinajstić information content (AvgIpc) is 2.35. The topological polar surface area (TPSA) is 18.5 Å². The summed E-state index contributed by atoms with van der Waals surface area (Å²) in [6.07, 6.45) is 1.93. The monoisotopic (exact) mass is 248 g/mol. The number of rotatable bonds is 7. The molecule has 0 saturated heterocycles. The van der Waals surface area contributed by atoms with Gasteiger partial charge in [-0.3, -0.25) is 0 Å². The number of hydrogen-bond acceptors (Lipinski definition) is 2. The van der Waals surface area contributed by atoms with Gasteiger partial charge < -0.3 is 9.47 Å². The first-order chi connectivity index (χ1) is 8.56. The second-order valence-corrected chi connectivity index (χ2v) is 4.90. The van der Waals surface area contributed by atoms with Crippen molar-refractivity contribution in [3.63, 3.8) is 0 Å². The van der Waals surface area contributed by atoms with Crippen molar-refractivity contribution in [3.8, 4) is 11.5 Å². The minimum absolute atomic E-state index is 0.298. The Hall–Kier alpha value is -1.44. The maximum atomic E-state index is 5.78. The van der Waals surface area contributed by atoms with Crippen LogP contribution >= 0.6 is 0 Å². The van der Waals surface area contributed by atoms with Crippen molar-refractivity contribution >= 4 is 0 Å². The van der Waals surface area contributed by atoms with Crippen molar-refractivity contribution in [1.82, 2.24) is 0 Å². The number of ether oxygens (including phenoxy) is 2. The Kier molecular flexibility index (Phi) is 5.76. The van der Waals surface area contributed by atoms with E-state index in [0.717, 1.165) is 18.1 Å². The summed E-state index contributed by atoms with van der Waals surface area (Å²) in [5, 5.41) is 0. The molecule has 0 amide bonds. The number of hydrogen-bond donors (Lipinski definition) is 0. The lowest BCUT2D eigenvalue weighted by atomic mass is 10.0. The third-order valence-electron chi connectivity index (χ3n) is 2.68. The lowest BCUT2D eigenvalue weighted by Gasteiger charge is -2.14. The van der Waals surface area contributed by atoms with E-state index in [1.54, 1.807) is 0 Å². The van der Waals surface area contributed by atoms with Crippen LogP contribution in [0.15, 0.2) is 30.9 Å². The zero-order chi connectivity index (χ0) is 13.5. The molecular formula is C16H24O2. The Balaban J connectivity index is 2.93. The lowest BCUT2D eigenvalue weighted by Crippen LogP contribution is -2.05. The molecule has 1 atom stereocenters. The van der Waals surface area contributed by atoms with E-state index in [-0.39, 0.29) is 0 Å². The Labute approximate surface area is 111 Å². The Morgan fingerprint density at radius 2 is 1.72 bits per heavy atom. The van der Waals surface area contributed by atoms with Gasteiger partial charge in [0.1, 0.15) is 11.5 Å². The third-order valence-corrected chi connectivity index (χ3v) is 2.68. The molecule has 0 spiro atoms. The van der Waals surface area contributed by atoms with Crippen LogP contribution in [-0.2, 0) is 0 Å². The number of benzene rings is 1. The standard InChI is InChI=1S/C16H24O2/c1-6-13(5)14-8-15(17-7-2)10-16(9-14)18-11-12(3)4/h6,8-10,12-13H,1,7,11H2,2-5H3. The summed E-state index contributed by atoms with van der Waals surface area (Å²) in [5.74, 6) is 2.55. The minimum Gasteiger partial charge on any atom is -0.494 e. The van der Waals surface area contributed by atoms with Gasteiger partial charge in [-0.15, -0.1) is 6.58 Å². The van der Waals surface area contributed by atoms with Crippen LogP contribution in [0.1, 0.15) is 39.2 Å². The molecule has 1 unspecified atom stereocenters. The summed E-state index contributed by atoms with van der Waals surface area (Å²) in [6.45, 7) is 13.6. The van der Waals surface area contributed by atoms with E-state index in [4.69, 9.17) is 9.47 Å². The molecule has 1 rings (SSSR count). The molecule has 0 saturated carbocycles. The summed E-state index contributed by atoms with van der Waals surface area (Å²) < 4.78 is 11.3. The highest BCUT2D eigenvalue weighted by atomic mass is 16.5. The fraction of sp³-hybridized carbons (Fsp3) is 0.500. The molecule has 18 heavy (non-hydrogen) atoms. The molecule has 100 valence electrons. The quantitative estimate of drug-likeness (QED) is 0.665. The van der Waals surface area contributed by atoms with Crippen LogP contribution in [0.2, 0.25) is 0 Å². The van der Waals surface area contributed by atoms with Crippen LogP contribution in [0.3, 0.4) is 0 Å². The molecule has 0 heterocycles. The van der Waals surface area contributed by atoms with E-state index in [1.165, 1.54) is 5.56 Å². The lowest BCUT2D eigenvalue weighted by molar-refractivity contribution is 0.268. The van der Waals surface area contributed by atoms with Gasteiger partial charge in [0.25, 0.3) is 0 Å². The first-order valence-corrected chi connectivity index (χ1v) is 6.60. The van der Waals surface area contributed by atoms with Crippen LogP contribution < -0.4 is 9.47 Å². The van der Waals surface area contributed by atoms with E-state index in [2.05, 4.69) is 39.5 Å². The first kappa shape index (κ1) is 14.6. The molecule has 1 aromatic rings. The van der Waals surface area contributed by atoms with Gasteiger partial charge in [-0.2, -0.15) is 0 Å². The summed E-state index contributed by atoms with van der Waals surface area (Å²) in [5.41, 5.74) is 1.18. The van der Waals surface area contributed by atoms with Gasteiger partial charge in [0, 0.05) is 6.07 Å². The molecule has 0 aromatic heterocycles. The highest BCUT2D eigenvalue weighted by molar-refractivity contribution is 5.40. The molecule has 1 aromatic carbocycles. The summed E-state index contributed by atoms with van der Waals surface area (Å²) in [6, 6.07) is 6.07. The summed E-state index contributed by atoms with van der Waals surface area (Å²) in [7, 11) is 0. The maximum Gasteiger partial charge on any atom is 0.123 e. The fourth-order valence-corrected chi connectivity index (χ4v) is 1.59. The van der Waals surface area contributed by atoms with E-state index >= 15 is 0 Å². The van der Waals surface area contributed by atoms with Crippen molar-refractivity contribution in [2.24, 2.45) is 5.92 Å². The van der Waals surface area contributed by atoms with E-state index in [1.807, 2.05) is 19.1 Å². The first-order valence-electron chi connectivity index (χ1n) is 6.60. The molecular weight excluding hydrogens is 224 g/mol. The molecule has 0 aliphatic carbocycles. The molecule has 0 fully saturated rings. The van der Waals surface area contributed by atoms with Crippen LogP contribution in [0.4, 0.5) is 0 Å². The Bertz CT molecular complexity index is 383. The van der Waals surface area contributed by atoms with Crippen molar-refractivity contribution in [3.05, 3.63) is 36.4 Å². The van der Waals surface area contributed by atoms with Gasteiger partial charge in [0.15, 0.2) is 0 Å². The second kappa shape index (κ2) is 7.10. The van der Waals surface area contributed by atoms with E-state index in [0.29, 0.717) is 18.4 Å². The predicted octanol–water partition coefficient (Wildman–Crippen LogP) is 4.41. The zero-order valence-electron chi connectivity index (χ0n) is 11.9. The number of allylic oxidation sites excluding steroid dienone is 1. The molecule has 2 nitrogen and oxygen atoms in total. The van der Waals surface area contributed by atoms with Gasteiger partial charge in [0.05, 0.1) is 13.2 Å². The van der Waals surface area contributed by atoms with Gasteiger partial charge >= 0.3 is 0 Å². The van der Waals surface area contributed by atoms with Crippen LogP contribution in [0, 0.1) is 5.92 Å². The van der Waals surface area contributed by atoms with Gasteiger partial charge in [-0.25, -0.2) is 0 Å². The van der Waals surface area contributed by atoms with E-state index < -0.39 is 0 Å². The van der Waals surface area contributed by atoms with Crippen molar-refractivity contribution in [1.29, 1.82) is 0 Å². The van der Waals surface area contributed by atoms with E-state index in [9.17, 15) is 0 Å². The summed E-state index contributed by atoms with van der Waals surface area (Å²) >= 11 is 0. The molecule has 0 radical (unpaired) electrons. The summed E-state index contributed by atoms with van der Waals surface area (Å²) in [4.78, 5) is 0. The third kappa shape index (κ3) is 4.44. The minimum atomic E-state index is 0.298. The van der Waals surface area contributed by atoms with Gasteiger partial charge in [-0.05, 0) is 36.5 Å². The molecule has 0 aliphatic rings.